The second-order valence-electron chi connectivity index (χ2n) is 9.34. The van der Waals surface area contributed by atoms with Crippen LogP contribution in [0.1, 0.15) is 75.5 Å². The van der Waals surface area contributed by atoms with Gasteiger partial charge in [0, 0.05) is 25.6 Å². The smallest absolute Gasteiger partial charge is 0.270 e. The van der Waals surface area contributed by atoms with E-state index in [-0.39, 0.29) is 17.2 Å². The molecule has 1 aromatic rings. The molecule has 0 spiro atoms. The number of carbonyl (C=O) groups excluding carboxylic acids is 2. The number of hydrogen-bond donors (Lipinski definition) is 1. The minimum atomic E-state index is -0.397. The summed E-state index contributed by atoms with van der Waals surface area (Å²) in [5, 5.41) is 3.16. The van der Waals surface area contributed by atoms with Crippen molar-refractivity contribution in [2.24, 2.45) is 18.4 Å². The van der Waals surface area contributed by atoms with Crippen LogP contribution in [0.25, 0.3) is 0 Å². The molecule has 1 aliphatic carbocycles. The van der Waals surface area contributed by atoms with Gasteiger partial charge in [0.05, 0.1) is 17.6 Å². The van der Waals surface area contributed by atoms with Crippen LogP contribution in [-0.2, 0) is 11.8 Å². The van der Waals surface area contributed by atoms with Crippen LogP contribution in [0, 0.1) is 18.3 Å². The fourth-order valence-corrected chi connectivity index (χ4v) is 4.85. The standard InChI is InChI=1S/C21H34N4O2/c1-15-17(24(5)14-22-15)18(26)23-21(4)11-12-25(13-21)19(27)20(2,3)16-9-7-6-8-10-16/h14,16H,6-13H2,1-5H3,(H,23,26). The number of likely N-dealkylation sites (tertiary alicyclic amines) is 1. The van der Waals surface area contributed by atoms with Crippen molar-refractivity contribution in [2.45, 2.75) is 71.8 Å². The number of imidazole rings is 1. The van der Waals surface area contributed by atoms with Crippen LogP contribution in [0.5, 0.6) is 0 Å². The van der Waals surface area contributed by atoms with Crippen LogP contribution in [-0.4, -0.2) is 44.9 Å². The lowest BCUT2D eigenvalue weighted by Gasteiger charge is -2.38. The van der Waals surface area contributed by atoms with Crippen LogP contribution in [0.4, 0.5) is 0 Å². The predicted molar refractivity (Wildman–Crippen MR) is 105 cm³/mol. The first-order valence-corrected chi connectivity index (χ1v) is 10.2. The summed E-state index contributed by atoms with van der Waals surface area (Å²) in [7, 11) is 1.83. The summed E-state index contributed by atoms with van der Waals surface area (Å²) in [6.45, 7) is 9.38. The molecular weight excluding hydrogens is 340 g/mol. The van der Waals surface area contributed by atoms with Gasteiger partial charge in [-0.2, -0.15) is 0 Å². The number of hydrogen-bond acceptors (Lipinski definition) is 3. The van der Waals surface area contributed by atoms with Gasteiger partial charge in [0.2, 0.25) is 5.91 Å². The summed E-state index contributed by atoms with van der Waals surface area (Å²) in [6.07, 6.45) is 8.51. The molecule has 1 aliphatic heterocycles. The Kier molecular flexibility index (Phi) is 5.37. The Morgan fingerprint density at radius 1 is 1.26 bits per heavy atom. The lowest BCUT2D eigenvalue weighted by atomic mass is 9.70. The van der Waals surface area contributed by atoms with Gasteiger partial charge < -0.3 is 14.8 Å². The van der Waals surface area contributed by atoms with Gasteiger partial charge in [0.15, 0.2) is 0 Å². The molecule has 3 rings (SSSR count). The van der Waals surface area contributed by atoms with Gasteiger partial charge in [-0.1, -0.05) is 33.1 Å². The number of aromatic nitrogens is 2. The van der Waals surface area contributed by atoms with Gasteiger partial charge >= 0.3 is 0 Å². The molecule has 1 atom stereocenters. The summed E-state index contributed by atoms with van der Waals surface area (Å²) in [6, 6.07) is 0. The molecule has 2 aliphatic rings. The molecule has 6 heteroatoms. The van der Waals surface area contributed by atoms with Crippen molar-refractivity contribution in [3.63, 3.8) is 0 Å². The maximum absolute atomic E-state index is 13.3. The van der Waals surface area contributed by atoms with E-state index in [1.807, 2.05) is 25.8 Å². The summed E-state index contributed by atoms with van der Waals surface area (Å²) in [5.74, 6) is 0.595. The molecule has 1 saturated carbocycles. The van der Waals surface area contributed by atoms with Crippen molar-refractivity contribution in [1.29, 1.82) is 0 Å². The molecule has 0 radical (unpaired) electrons. The predicted octanol–water partition coefficient (Wildman–Crippen LogP) is 3.06. The normalized spacial score (nSPS) is 24.3. The maximum Gasteiger partial charge on any atom is 0.270 e. The quantitative estimate of drug-likeness (QED) is 0.881. The highest BCUT2D eigenvalue weighted by molar-refractivity contribution is 5.94. The average molecular weight is 375 g/mol. The fourth-order valence-electron chi connectivity index (χ4n) is 4.85. The largest absolute Gasteiger partial charge is 0.344 e. The zero-order chi connectivity index (χ0) is 19.8. The first kappa shape index (κ1) is 19.9. The van der Waals surface area contributed by atoms with E-state index in [9.17, 15) is 9.59 Å². The molecule has 27 heavy (non-hydrogen) atoms. The van der Waals surface area contributed by atoms with E-state index < -0.39 is 5.54 Å². The Labute approximate surface area is 162 Å². The number of amides is 2. The number of nitrogens with one attached hydrogen (secondary N) is 1. The summed E-state index contributed by atoms with van der Waals surface area (Å²) < 4.78 is 1.75. The third-order valence-corrected chi connectivity index (χ3v) is 6.69. The highest BCUT2D eigenvalue weighted by Gasteiger charge is 2.45. The Bertz CT molecular complexity index is 698. The van der Waals surface area contributed by atoms with Gasteiger partial charge in [-0.05, 0) is 39.0 Å². The van der Waals surface area contributed by atoms with Crippen molar-refractivity contribution in [2.75, 3.05) is 13.1 Å². The molecule has 2 amide bonds. The van der Waals surface area contributed by atoms with Crippen molar-refractivity contribution in [3.05, 3.63) is 17.7 Å². The van der Waals surface area contributed by atoms with Gasteiger partial charge in [0.25, 0.3) is 5.91 Å². The summed E-state index contributed by atoms with van der Waals surface area (Å²) in [4.78, 5) is 32.2. The lowest BCUT2D eigenvalue weighted by Crippen LogP contribution is -2.51. The average Bonchev–Trinajstić information content (AvgIpc) is 3.17. The van der Waals surface area contributed by atoms with Crippen LogP contribution in [0.3, 0.4) is 0 Å². The van der Waals surface area contributed by atoms with E-state index in [4.69, 9.17) is 0 Å². The number of rotatable bonds is 4. The summed E-state index contributed by atoms with van der Waals surface area (Å²) in [5.41, 5.74) is 0.590. The molecule has 1 saturated heterocycles. The van der Waals surface area contributed by atoms with E-state index in [1.165, 1.54) is 19.3 Å². The molecule has 2 heterocycles. The molecule has 1 unspecified atom stereocenters. The Hall–Kier alpha value is -1.85. The Morgan fingerprint density at radius 2 is 1.93 bits per heavy atom. The van der Waals surface area contributed by atoms with Crippen molar-refractivity contribution >= 4 is 11.8 Å². The van der Waals surface area contributed by atoms with Crippen LogP contribution < -0.4 is 5.32 Å². The molecular formula is C21H34N4O2. The zero-order valence-electron chi connectivity index (χ0n) is 17.5. The van der Waals surface area contributed by atoms with Crippen molar-refractivity contribution in [3.8, 4) is 0 Å². The molecule has 1 aromatic heterocycles. The van der Waals surface area contributed by atoms with E-state index >= 15 is 0 Å². The van der Waals surface area contributed by atoms with Gasteiger partial charge in [-0.15, -0.1) is 0 Å². The monoisotopic (exact) mass is 374 g/mol. The number of aryl methyl sites for hydroxylation is 2. The molecule has 150 valence electrons. The molecule has 1 N–H and O–H groups in total. The lowest BCUT2D eigenvalue weighted by molar-refractivity contribution is -0.143. The van der Waals surface area contributed by atoms with Crippen LogP contribution in [0.2, 0.25) is 0 Å². The van der Waals surface area contributed by atoms with Crippen molar-refractivity contribution < 1.29 is 9.59 Å². The third-order valence-electron chi connectivity index (χ3n) is 6.69. The van der Waals surface area contributed by atoms with Crippen molar-refractivity contribution in [1.82, 2.24) is 19.8 Å². The minimum absolute atomic E-state index is 0.115. The maximum atomic E-state index is 13.3. The molecule has 0 bridgehead atoms. The van der Waals surface area contributed by atoms with Gasteiger partial charge in [-0.25, -0.2) is 4.98 Å². The third kappa shape index (κ3) is 3.90. The van der Waals surface area contributed by atoms with Gasteiger partial charge in [-0.3, -0.25) is 9.59 Å². The molecule has 0 aromatic carbocycles. The highest BCUT2D eigenvalue weighted by atomic mass is 16.2. The summed E-state index contributed by atoms with van der Waals surface area (Å²) >= 11 is 0. The zero-order valence-corrected chi connectivity index (χ0v) is 17.5. The highest BCUT2D eigenvalue weighted by Crippen LogP contribution is 2.40. The van der Waals surface area contributed by atoms with E-state index in [0.717, 1.165) is 25.0 Å². The van der Waals surface area contributed by atoms with Crippen LogP contribution >= 0.6 is 0 Å². The molecule has 6 nitrogen and oxygen atoms in total. The van der Waals surface area contributed by atoms with E-state index in [2.05, 4.69) is 24.1 Å². The van der Waals surface area contributed by atoms with E-state index in [1.54, 1.807) is 10.9 Å². The SMILES string of the molecule is Cc1ncn(C)c1C(=O)NC1(C)CCN(C(=O)C(C)(C)C2CCCCC2)C1. The fraction of sp³-hybridized carbons (Fsp3) is 0.762. The first-order valence-electron chi connectivity index (χ1n) is 10.2. The van der Waals surface area contributed by atoms with Crippen LogP contribution in [0.15, 0.2) is 6.33 Å². The second kappa shape index (κ2) is 7.28. The van der Waals surface area contributed by atoms with E-state index in [0.29, 0.717) is 24.7 Å². The molecule has 2 fully saturated rings. The number of carbonyl (C=O) groups is 2. The topological polar surface area (TPSA) is 67.2 Å². The minimum Gasteiger partial charge on any atom is -0.344 e. The van der Waals surface area contributed by atoms with Gasteiger partial charge in [0.1, 0.15) is 5.69 Å². The first-order chi connectivity index (χ1) is 12.6. The number of nitrogens with zero attached hydrogens (tertiary/aromatic N) is 3. The second-order valence-corrected chi connectivity index (χ2v) is 9.34. The Balaban J connectivity index is 1.66. The Morgan fingerprint density at radius 3 is 2.52 bits per heavy atom.